The van der Waals surface area contributed by atoms with Gasteiger partial charge in [0.25, 0.3) is 0 Å². The molecule has 2 N–H and O–H groups in total. The molecule has 146 valence electrons. The van der Waals surface area contributed by atoms with Crippen LogP contribution in [0.4, 0.5) is 4.79 Å². The number of carbonyl (C=O) groups excluding carboxylic acids is 1. The standard InChI is InChI=1S/C22H23NO5/c24-21(25)20(13-27-11-14-9-10-14)23-22(26)28-12-19-17-7-3-1-5-15(17)16-6-2-4-8-18(16)19/h1-8,14,19-20H,9-13H2,(H,23,26)(H,24,25)/t20-/m0/s1. The maximum Gasteiger partial charge on any atom is 0.407 e. The van der Waals surface area contributed by atoms with Crippen LogP contribution in [0.15, 0.2) is 48.5 Å². The first-order valence-electron chi connectivity index (χ1n) is 9.55. The van der Waals surface area contributed by atoms with Gasteiger partial charge in [-0.05, 0) is 41.0 Å². The van der Waals surface area contributed by atoms with E-state index < -0.39 is 18.1 Å². The Labute approximate surface area is 163 Å². The third kappa shape index (κ3) is 4.02. The molecule has 2 aromatic carbocycles. The summed E-state index contributed by atoms with van der Waals surface area (Å²) in [6.45, 7) is 0.626. The Morgan fingerprint density at radius 3 is 2.18 bits per heavy atom. The molecule has 0 radical (unpaired) electrons. The van der Waals surface area contributed by atoms with Gasteiger partial charge in [0.05, 0.1) is 6.61 Å². The fourth-order valence-corrected chi connectivity index (χ4v) is 3.59. The van der Waals surface area contributed by atoms with E-state index in [1.807, 2.05) is 36.4 Å². The number of rotatable bonds is 8. The van der Waals surface area contributed by atoms with Crippen molar-refractivity contribution in [1.82, 2.24) is 5.32 Å². The van der Waals surface area contributed by atoms with Gasteiger partial charge in [-0.2, -0.15) is 0 Å². The SMILES string of the molecule is O=C(N[C@@H](COCC1CC1)C(=O)O)OCC1c2ccccc2-c2ccccc21. The molecule has 1 amide bonds. The number of amides is 1. The smallest absolute Gasteiger partial charge is 0.407 e. The van der Waals surface area contributed by atoms with Crippen LogP contribution in [-0.2, 0) is 14.3 Å². The molecule has 6 heteroatoms. The number of fused-ring (bicyclic) bond motifs is 3. The molecule has 2 aliphatic rings. The lowest BCUT2D eigenvalue weighted by molar-refractivity contribution is -0.141. The molecule has 2 aliphatic carbocycles. The summed E-state index contributed by atoms with van der Waals surface area (Å²) in [6, 6.07) is 15.0. The summed E-state index contributed by atoms with van der Waals surface area (Å²) in [5.74, 6) is -0.666. The molecular formula is C22H23NO5. The van der Waals surface area contributed by atoms with Crippen LogP contribution in [0.1, 0.15) is 29.9 Å². The predicted octanol–water partition coefficient (Wildman–Crippen LogP) is 3.40. The zero-order chi connectivity index (χ0) is 19.5. The number of carboxylic acids is 1. The Hall–Kier alpha value is -2.86. The highest BCUT2D eigenvalue weighted by Crippen LogP contribution is 2.44. The van der Waals surface area contributed by atoms with Crippen molar-refractivity contribution < 1.29 is 24.2 Å². The van der Waals surface area contributed by atoms with Crippen molar-refractivity contribution in [3.63, 3.8) is 0 Å². The highest BCUT2D eigenvalue weighted by molar-refractivity contribution is 5.81. The largest absolute Gasteiger partial charge is 0.480 e. The van der Waals surface area contributed by atoms with Gasteiger partial charge in [-0.3, -0.25) is 0 Å². The maximum absolute atomic E-state index is 12.2. The molecule has 0 spiro atoms. The van der Waals surface area contributed by atoms with Crippen molar-refractivity contribution in [1.29, 1.82) is 0 Å². The molecule has 1 atom stereocenters. The van der Waals surface area contributed by atoms with E-state index in [0.717, 1.165) is 35.1 Å². The summed E-state index contributed by atoms with van der Waals surface area (Å²) < 4.78 is 10.8. The number of hydrogen-bond donors (Lipinski definition) is 2. The number of carboxylic acid groups (broad SMARTS) is 1. The van der Waals surface area contributed by atoms with Gasteiger partial charge in [0.2, 0.25) is 0 Å². The summed E-state index contributed by atoms with van der Waals surface area (Å²) in [5.41, 5.74) is 4.51. The normalized spacial score (nSPS) is 16.1. The first kappa shape index (κ1) is 18.5. The second kappa shape index (κ2) is 8.02. The number of alkyl carbamates (subject to hydrolysis) is 1. The number of carbonyl (C=O) groups is 2. The topological polar surface area (TPSA) is 84.9 Å². The fraction of sp³-hybridized carbons (Fsp3) is 0.364. The van der Waals surface area contributed by atoms with E-state index in [1.165, 1.54) is 0 Å². The van der Waals surface area contributed by atoms with Crippen LogP contribution in [0.25, 0.3) is 11.1 Å². The Kier molecular flexibility index (Phi) is 5.30. The monoisotopic (exact) mass is 381 g/mol. The van der Waals surface area contributed by atoms with Crippen molar-refractivity contribution in [3.05, 3.63) is 59.7 Å². The van der Waals surface area contributed by atoms with Crippen LogP contribution in [0.3, 0.4) is 0 Å². The van der Waals surface area contributed by atoms with Gasteiger partial charge in [0.15, 0.2) is 6.04 Å². The molecule has 2 aromatic rings. The second-order valence-electron chi connectivity index (χ2n) is 7.34. The van der Waals surface area contributed by atoms with Crippen LogP contribution >= 0.6 is 0 Å². The Balaban J connectivity index is 1.36. The van der Waals surface area contributed by atoms with Gasteiger partial charge < -0.3 is 19.9 Å². The molecular weight excluding hydrogens is 358 g/mol. The Morgan fingerprint density at radius 1 is 1.00 bits per heavy atom. The number of benzene rings is 2. The van der Waals surface area contributed by atoms with Gasteiger partial charge >= 0.3 is 12.1 Å². The molecule has 1 saturated carbocycles. The highest BCUT2D eigenvalue weighted by Gasteiger charge is 2.30. The highest BCUT2D eigenvalue weighted by atomic mass is 16.5. The quantitative estimate of drug-likeness (QED) is 0.732. The third-order valence-corrected chi connectivity index (χ3v) is 5.27. The van der Waals surface area contributed by atoms with Crippen molar-refractivity contribution in [2.24, 2.45) is 5.92 Å². The van der Waals surface area contributed by atoms with Crippen molar-refractivity contribution in [2.45, 2.75) is 24.8 Å². The summed E-state index contributed by atoms with van der Waals surface area (Å²) in [6.07, 6.45) is 1.50. The molecule has 6 nitrogen and oxygen atoms in total. The summed E-state index contributed by atoms with van der Waals surface area (Å²) >= 11 is 0. The maximum atomic E-state index is 12.2. The molecule has 0 aromatic heterocycles. The lowest BCUT2D eigenvalue weighted by Crippen LogP contribution is -2.44. The van der Waals surface area contributed by atoms with E-state index in [0.29, 0.717) is 12.5 Å². The minimum atomic E-state index is -1.13. The molecule has 1 fully saturated rings. The minimum Gasteiger partial charge on any atom is -0.480 e. The van der Waals surface area contributed by atoms with Gasteiger partial charge in [-0.1, -0.05) is 48.5 Å². The van der Waals surface area contributed by atoms with Crippen LogP contribution in [0.2, 0.25) is 0 Å². The van der Waals surface area contributed by atoms with Crippen LogP contribution in [0.5, 0.6) is 0 Å². The van der Waals surface area contributed by atoms with E-state index >= 15 is 0 Å². The summed E-state index contributed by atoms with van der Waals surface area (Å²) in [4.78, 5) is 23.6. The number of ether oxygens (including phenoxy) is 2. The second-order valence-corrected chi connectivity index (χ2v) is 7.34. The average molecular weight is 381 g/mol. The van der Waals surface area contributed by atoms with E-state index in [2.05, 4.69) is 17.4 Å². The van der Waals surface area contributed by atoms with Crippen LogP contribution in [0, 0.1) is 5.92 Å². The van der Waals surface area contributed by atoms with E-state index in [-0.39, 0.29) is 19.1 Å². The summed E-state index contributed by atoms with van der Waals surface area (Å²) in [7, 11) is 0. The van der Waals surface area contributed by atoms with Crippen LogP contribution in [-0.4, -0.2) is 43.0 Å². The number of aliphatic carboxylic acids is 1. The Morgan fingerprint density at radius 2 is 1.61 bits per heavy atom. The van der Waals surface area contributed by atoms with Crippen molar-refractivity contribution in [3.8, 4) is 11.1 Å². The van der Waals surface area contributed by atoms with E-state index in [9.17, 15) is 14.7 Å². The predicted molar refractivity (Wildman–Crippen MR) is 103 cm³/mol. The lowest BCUT2D eigenvalue weighted by atomic mass is 9.98. The fourth-order valence-electron chi connectivity index (χ4n) is 3.59. The van der Waals surface area contributed by atoms with E-state index in [4.69, 9.17) is 9.47 Å². The first-order chi connectivity index (χ1) is 13.6. The molecule has 0 saturated heterocycles. The number of nitrogens with one attached hydrogen (secondary N) is 1. The first-order valence-corrected chi connectivity index (χ1v) is 9.55. The molecule has 0 aliphatic heterocycles. The third-order valence-electron chi connectivity index (χ3n) is 5.27. The zero-order valence-corrected chi connectivity index (χ0v) is 15.5. The van der Waals surface area contributed by atoms with Gasteiger partial charge in [0, 0.05) is 12.5 Å². The molecule has 0 unspecified atom stereocenters. The minimum absolute atomic E-state index is 0.0595. The average Bonchev–Trinajstić information content (AvgIpc) is 3.47. The van der Waals surface area contributed by atoms with Gasteiger partial charge in [-0.25, -0.2) is 9.59 Å². The molecule has 28 heavy (non-hydrogen) atoms. The van der Waals surface area contributed by atoms with Gasteiger partial charge in [-0.15, -0.1) is 0 Å². The lowest BCUT2D eigenvalue weighted by Gasteiger charge is -2.17. The van der Waals surface area contributed by atoms with Crippen LogP contribution < -0.4 is 5.32 Å². The molecule has 0 heterocycles. The zero-order valence-electron chi connectivity index (χ0n) is 15.5. The molecule has 0 bridgehead atoms. The number of hydrogen-bond acceptors (Lipinski definition) is 4. The Bertz CT molecular complexity index is 831. The van der Waals surface area contributed by atoms with E-state index in [1.54, 1.807) is 0 Å². The van der Waals surface area contributed by atoms with Gasteiger partial charge in [0.1, 0.15) is 6.61 Å². The van der Waals surface area contributed by atoms with Crippen molar-refractivity contribution in [2.75, 3.05) is 19.8 Å². The summed E-state index contributed by atoms with van der Waals surface area (Å²) in [5, 5.41) is 11.7. The van der Waals surface area contributed by atoms with Crippen molar-refractivity contribution >= 4 is 12.1 Å². The molecule has 4 rings (SSSR count).